The Morgan fingerprint density at radius 1 is 1.38 bits per heavy atom. The second-order valence-electron chi connectivity index (χ2n) is 3.64. The van der Waals surface area contributed by atoms with Crippen LogP contribution in [-0.2, 0) is 6.42 Å². The maximum Gasteiger partial charge on any atom is 0.183 e. The molecule has 84 valence electrons. The van der Waals surface area contributed by atoms with Crippen molar-refractivity contribution < 1.29 is 0 Å². The Bertz CT molecular complexity index is 439. The third-order valence-corrected chi connectivity index (χ3v) is 3.28. The van der Waals surface area contributed by atoms with E-state index in [0.717, 1.165) is 17.2 Å². The topological polar surface area (TPSA) is 37.8 Å². The lowest BCUT2D eigenvalue weighted by Crippen LogP contribution is -2.06. The SMILES string of the molecule is CCc1csc(NC(C)c2ccncc2)n1. The van der Waals surface area contributed by atoms with Gasteiger partial charge in [0.1, 0.15) is 0 Å². The van der Waals surface area contributed by atoms with Crippen molar-refractivity contribution in [2.75, 3.05) is 5.32 Å². The van der Waals surface area contributed by atoms with Gasteiger partial charge >= 0.3 is 0 Å². The summed E-state index contributed by atoms with van der Waals surface area (Å²) >= 11 is 1.66. The summed E-state index contributed by atoms with van der Waals surface area (Å²) < 4.78 is 0. The van der Waals surface area contributed by atoms with Crippen LogP contribution in [0.15, 0.2) is 29.9 Å². The zero-order chi connectivity index (χ0) is 11.4. The third kappa shape index (κ3) is 2.58. The first-order valence-electron chi connectivity index (χ1n) is 5.40. The number of hydrogen-bond acceptors (Lipinski definition) is 4. The molecule has 1 atom stereocenters. The molecular formula is C12H15N3S. The van der Waals surface area contributed by atoms with Crippen LogP contribution in [0, 0.1) is 0 Å². The zero-order valence-corrected chi connectivity index (χ0v) is 10.3. The van der Waals surface area contributed by atoms with Crippen molar-refractivity contribution in [2.45, 2.75) is 26.3 Å². The highest BCUT2D eigenvalue weighted by Gasteiger charge is 2.07. The lowest BCUT2D eigenvalue weighted by Gasteiger charge is -2.12. The van der Waals surface area contributed by atoms with Crippen LogP contribution in [0.5, 0.6) is 0 Å². The molecule has 4 heteroatoms. The summed E-state index contributed by atoms with van der Waals surface area (Å²) in [6.07, 6.45) is 4.61. The van der Waals surface area contributed by atoms with Crippen LogP contribution in [0.3, 0.4) is 0 Å². The largest absolute Gasteiger partial charge is 0.355 e. The summed E-state index contributed by atoms with van der Waals surface area (Å²) in [4.78, 5) is 8.50. The van der Waals surface area contributed by atoms with Gasteiger partial charge < -0.3 is 5.32 Å². The number of pyridine rings is 1. The van der Waals surface area contributed by atoms with E-state index in [0.29, 0.717) is 0 Å². The predicted molar refractivity (Wildman–Crippen MR) is 67.8 cm³/mol. The summed E-state index contributed by atoms with van der Waals surface area (Å²) in [6.45, 7) is 4.24. The highest BCUT2D eigenvalue weighted by atomic mass is 32.1. The van der Waals surface area contributed by atoms with E-state index in [2.05, 4.69) is 34.5 Å². The molecule has 2 aromatic rings. The number of rotatable bonds is 4. The zero-order valence-electron chi connectivity index (χ0n) is 9.47. The second kappa shape index (κ2) is 5.07. The first-order valence-corrected chi connectivity index (χ1v) is 6.28. The van der Waals surface area contributed by atoms with Crippen molar-refractivity contribution >= 4 is 16.5 Å². The standard InChI is InChI=1S/C12H15N3S/c1-3-11-8-16-12(15-11)14-9(2)10-4-6-13-7-5-10/h4-9H,3H2,1-2H3,(H,14,15). The van der Waals surface area contributed by atoms with Crippen LogP contribution >= 0.6 is 11.3 Å². The summed E-state index contributed by atoms with van der Waals surface area (Å²) in [6, 6.07) is 4.30. The molecule has 0 aliphatic heterocycles. The second-order valence-corrected chi connectivity index (χ2v) is 4.50. The fourth-order valence-corrected chi connectivity index (χ4v) is 2.34. The molecule has 0 saturated carbocycles. The van der Waals surface area contributed by atoms with Gasteiger partial charge in [0, 0.05) is 17.8 Å². The minimum absolute atomic E-state index is 0.263. The van der Waals surface area contributed by atoms with E-state index in [9.17, 15) is 0 Å². The molecule has 2 rings (SSSR count). The van der Waals surface area contributed by atoms with Gasteiger partial charge in [0.15, 0.2) is 5.13 Å². The fraction of sp³-hybridized carbons (Fsp3) is 0.333. The van der Waals surface area contributed by atoms with Gasteiger partial charge in [-0.3, -0.25) is 4.98 Å². The van der Waals surface area contributed by atoms with Crippen molar-refractivity contribution in [3.63, 3.8) is 0 Å². The van der Waals surface area contributed by atoms with Crippen LogP contribution in [0.4, 0.5) is 5.13 Å². The average molecular weight is 233 g/mol. The molecule has 2 heterocycles. The normalized spacial score (nSPS) is 12.4. The smallest absolute Gasteiger partial charge is 0.183 e. The molecule has 3 nitrogen and oxygen atoms in total. The predicted octanol–water partition coefficient (Wildman–Crippen LogP) is 3.27. The fourth-order valence-electron chi connectivity index (χ4n) is 1.46. The van der Waals surface area contributed by atoms with E-state index < -0.39 is 0 Å². The highest BCUT2D eigenvalue weighted by Crippen LogP contribution is 2.22. The molecule has 0 aliphatic carbocycles. The first-order chi connectivity index (χ1) is 7.79. The molecule has 0 amide bonds. The summed E-state index contributed by atoms with van der Waals surface area (Å²) in [7, 11) is 0. The first kappa shape index (κ1) is 11.1. The Balaban J connectivity index is 2.05. The number of nitrogens with one attached hydrogen (secondary N) is 1. The van der Waals surface area contributed by atoms with Gasteiger partial charge in [0.05, 0.1) is 11.7 Å². The van der Waals surface area contributed by atoms with E-state index in [4.69, 9.17) is 0 Å². The lowest BCUT2D eigenvalue weighted by molar-refractivity contribution is 0.874. The number of aryl methyl sites for hydroxylation is 1. The third-order valence-electron chi connectivity index (χ3n) is 2.46. The van der Waals surface area contributed by atoms with Crippen LogP contribution in [0.2, 0.25) is 0 Å². The van der Waals surface area contributed by atoms with Crippen LogP contribution in [0.1, 0.15) is 31.1 Å². The lowest BCUT2D eigenvalue weighted by atomic mass is 10.1. The number of nitrogens with zero attached hydrogens (tertiary/aromatic N) is 2. The van der Waals surface area contributed by atoms with Crippen LogP contribution in [0.25, 0.3) is 0 Å². The van der Waals surface area contributed by atoms with Crippen LogP contribution in [-0.4, -0.2) is 9.97 Å². The van der Waals surface area contributed by atoms with E-state index in [1.807, 2.05) is 24.5 Å². The van der Waals surface area contributed by atoms with Gasteiger partial charge in [-0.05, 0) is 31.0 Å². The minimum atomic E-state index is 0.263. The Morgan fingerprint density at radius 2 is 2.12 bits per heavy atom. The van der Waals surface area contributed by atoms with Gasteiger partial charge in [-0.25, -0.2) is 4.98 Å². The Morgan fingerprint density at radius 3 is 2.75 bits per heavy atom. The molecule has 0 fully saturated rings. The maximum atomic E-state index is 4.49. The number of hydrogen-bond donors (Lipinski definition) is 1. The Kier molecular flexibility index (Phi) is 3.51. The molecule has 2 aromatic heterocycles. The quantitative estimate of drug-likeness (QED) is 0.880. The number of anilines is 1. The van der Waals surface area contributed by atoms with Gasteiger partial charge in [0.25, 0.3) is 0 Å². The Labute approximate surface area is 99.6 Å². The molecule has 0 saturated heterocycles. The average Bonchev–Trinajstić information content (AvgIpc) is 2.78. The molecule has 1 unspecified atom stereocenters. The number of aromatic nitrogens is 2. The van der Waals surface area contributed by atoms with Crippen molar-refractivity contribution in [3.8, 4) is 0 Å². The monoisotopic (exact) mass is 233 g/mol. The van der Waals surface area contributed by atoms with Gasteiger partial charge in [-0.15, -0.1) is 11.3 Å². The molecule has 0 spiro atoms. The molecule has 0 bridgehead atoms. The molecule has 0 aliphatic rings. The highest BCUT2D eigenvalue weighted by molar-refractivity contribution is 7.13. The van der Waals surface area contributed by atoms with E-state index in [-0.39, 0.29) is 6.04 Å². The summed E-state index contributed by atoms with van der Waals surface area (Å²) in [5, 5.41) is 6.48. The van der Waals surface area contributed by atoms with Gasteiger partial charge in [-0.2, -0.15) is 0 Å². The molecule has 1 N–H and O–H groups in total. The van der Waals surface area contributed by atoms with E-state index in [1.54, 1.807) is 11.3 Å². The van der Waals surface area contributed by atoms with E-state index >= 15 is 0 Å². The minimum Gasteiger partial charge on any atom is -0.355 e. The summed E-state index contributed by atoms with van der Waals surface area (Å²) in [5.41, 5.74) is 2.37. The van der Waals surface area contributed by atoms with Gasteiger partial charge in [-0.1, -0.05) is 6.92 Å². The van der Waals surface area contributed by atoms with Crippen LogP contribution < -0.4 is 5.32 Å². The number of thiazole rings is 1. The van der Waals surface area contributed by atoms with Crippen molar-refractivity contribution in [3.05, 3.63) is 41.2 Å². The maximum absolute atomic E-state index is 4.49. The van der Waals surface area contributed by atoms with Gasteiger partial charge in [0.2, 0.25) is 0 Å². The van der Waals surface area contributed by atoms with E-state index in [1.165, 1.54) is 5.56 Å². The van der Waals surface area contributed by atoms with Crippen molar-refractivity contribution in [1.29, 1.82) is 0 Å². The van der Waals surface area contributed by atoms with Crippen molar-refractivity contribution in [1.82, 2.24) is 9.97 Å². The summed E-state index contributed by atoms with van der Waals surface area (Å²) in [5.74, 6) is 0. The molecule has 0 aromatic carbocycles. The van der Waals surface area contributed by atoms with Crippen molar-refractivity contribution in [2.24, 2.45) is 0 Å². The molecular weight excluding hydrogens is 218 g/mol. The molecule has 0 radical (unpaired) electrons. The Hall–Kier alpha value is -1.42. The molecule has 16 heavy (non-hydrogen) atoms.